The Bertz CT molecular complexity index is 1210. The first-order valence-electron chi connectivity index (χ1n) is 9.62. The summed E-state index contributed by atoms with van der Waals surface area (Å²) < 4.78 is 5.41. The van der Waals surface area contributed by atoms with Crippen LogP contribution in [-0.4, -0.2) is 24.0 Å². The third kappa shape index (κ3) is 6.02. The van der Waals surface area contributed by atoms with E-state index in [9.17, 15) is 14.4 Å². The lowest BCUT2D eigenvalue weighted by Gasteiger charge is -2.07. The van der Waals surface area contributed by atoms with Crippen molar-refractivity contribution in [2.75, 3.05) is 5.32 Å². The van der Waals surface area contributed by atoms with E-state index in [0.717, 1.165) is 11.1 Å². The van der Waals surface area contributed by atoms with Gasteiger partial charge < -0.3 is 10.1 Å². The van der Waals surface area contributed by atoms with Gasteiger partial charge in [-0.3, -0.25) is 9.59 Å². The first kappa shape index (κ1) is 22.7. The first-order valence-corrected chi connectivity index (χ1v) is 9.99. The highest BCUT2D eigenvalue weighted by Crippen LogP contribution is 2.20. The van der Waals surface area contributed by atoms with Gasteiger partial charge in [-0.25, -0.2) is 10.2 Å². The fraction of sp³-hybridized carbons (Fsp3) is 0.0833. The van der Waals surface area contributed by atoms with Crippen LogP contribution in [0.5, 0.6) is 5.75 Å². The summed E-state index contributed by atoms with van der Waals surface area (Å²) >= 11 is 6.01. The van der Waals surface area contributed by atoms with Crippen molar-refractivity contribution in [3.63, 3.8) is 0 Å². The van der Waals surface area contributed by atoms with Crippen molar-refractivity contribution in [1.82, 2.24) is 5.43 Å². The summed E-state index contributed by atoms with van der Waals surface area (Å²) in [7, 11) is 0. The highest BCUT2D eigenvalue weighted by molar-refractivity contribution is 6.39. The molecule has 0 atom stereocenters. The van der Waals surface area contributed by atoms with Crippen molar-refractivity contribution in [1.29, 1.82) is 0 Å². The molecule has 0 fully saturated rings. The van der Waals surface area contributed by atoms with Crippen LogP contribution < -0.4 is 15.5 Å². The Kier molecular flexibility index (Phi) is 7.36. The molecule has 2 amide bonds. The minimum atomic E-state index is -0.944. The van der Waals surface area contributed by atoms with Crippen LogP contribution in [0.2, 0.25) is 5.02 Å². The quantitative estimate of drug-likeness (QED) is 0.200. The lowest BCUT2D eigenvalue weighted by Crippen LogP contribution is -2.32. The van der Waals surface area contributed by atoms with Crippen molar-refractivity contribution < 1.29 is 19.1 Å². The highest BCUT2D eigenvalue weighted by atomic mass is 35.5. The van der Waals surface area contributed by atoms with Gasteiger partial charge in [-0.2, -0.15) is 5.10 Å². The maximum absolute atomic E-state index is 12.3. The second kappa shape index (κ2) is 10.4. The zero-order valence-corrected chi connectivity index (χ0v) is 18.1. The fourth-order valence-corrected chi connectivity index (χ4v) is 2.88. The van der Waals surface area contributed by atoms with Gasteiger partial charge in [-0.15, -0.1) is 0 Å². The predicted molar refractivity (Wildman–Crippen MR) is 123 cm³/mol. The number of carbonyl (C=O) groups is 3. The van der Waals surface area contributed by atoms with Gasteiger partial charge in [0.1, 0.15) is 5.75 Å². The number of rotatable bonds is 5. The lowest BCUT2D eigenvalue weighted by molar-refractivity contribution is -0.136. The van der Waals surface area contributed by atoms with Crippen LogP contribution in [0.1, 0.15) is 27.0 Å². The fourth-order valence-electron chi connectivity index (χ4n) is 2.70. The monoisotopic (exact) mass is 449 g/mol. The van der Waals surface area contributed by atoms with Crippen LogP contribution >= 0.6 is 11.6 Å². The van der Waals surface area contributed by atoms with Gasteiger partial charge in [-0.05, 0) is 60.9 Å². The molecule has 0 aliphatic heterocycles. The van der Waals surface area contributed by atoms with Gasteiger partial charge >= 0.3 is 17.8 Å². The molecule has 3 aromatic rings. The third-order valence-corrected chi connectivity index (χ3v) is 4.86. The second-order valence-corrected chi connectivity index (χ2v) is 7.30. The summed E-state index contributed by atoms with van der Waals surface area (Å²) in [6, 6.07) is 18.6. The van der Waals surface area contributed by atoms with Crippen molar-refractivity contribution in [2.24, 2.45) is 5.10 Å². The summed E-state index contributed by atoms with van der Waals surface area (Å²) in [6.45, 7) is 3.65. The van der Waals surface area contributed by atoms with Crippen LogP contribution in [0.15, 0.2) is 71.8 Å². The number of hydrogen-bond donors (Lipinski definition) is 2. The molecular formula is C24H20ClN3O4. The number of aryl methyl sites for hydroxylation is 2. The summed E-state index contributed by atoms with van der Waals surface area (Å²) in [6.07, 6.45) is 1.33. The lowest BCUT2D eigenvalue weighted by atomic mass is 10.1. The summed E-state index contributed by atoms with van der Waals surface area (Å²) in [5.74, 6) is -1.98. The molecule has 0 unspecified atom stereocenters. The van der Waals surface area contributed by atoms with Gasteiger partial charge in [-0.1, -0.05) is 48.0 Å². The Morgan fingerprint density at radius 2 is 1.69 bits per heavy atom. The Morgan fingerprint density at radius 3 is 2.44 bits per heavy atom. The Morgan fingerprint density at radius 1 is 0.906 bits per heavy atom. The van der Waals surface area contributed by atoms with E-state index in [4.69, 9.17) is 16.3 Å². The smallest absolute Gasteiger partial charge is 0.343 e. The molecule has 0 bridgehead atoms. The van der Waals surface area contributed by atoms with E-state index in [1.165, 1.54) is 6.21 Å². The van der Waals surface area contributed by atoms with Gasteiger partial charge in [0.15, 0.2) is 0 Å². The molecule has 0 heterocycles. The number of nitrogens with zero attached hydrogens (tertiary/aromatic N) is 1. The maximum atomic E-state index is 12.3. The van der Waals surface area contributed by atoms with Crippen molar-refractivity contribution in [2.45, 2.75) is 13.8 Å². The van der Waals surface area contributed by atoms with E-state index in [2.05, 4.69) is 15.8 Å². The zero-order valence-electron chi connectivity index (χ0n) is 17.4. The summed E-state index contributed by atoms with van der Waals surface area (Å²) in [5.41, 5.74) is 5.24. The number of anilines is 1. The molecular weight excluding hydrogens is 430 g/mol. The van der Waals surface area contributed by atoms with E-state index in [1.807, 2.05) is 26.0 Å². The van der Waals surface area contributed by atoms with E-state index >= 15 is 0 Å². The largest absolute Gasteiger partial charge is 0.423 e. The molecule has 0 spiro atoms. The molecule has 7 nitrogen and oxygen atoms in total. The molecule has 0 aliphatic carbocycles. The van der Waals surface area contributed by atoms with Crippen molar-refractivity contribution in [3.05, 3.63) is 94.0 Å². The molecule has 3 rings (SSSR count). The van der Waals surface area contributed by atoms with Gasteiger partial charge in [0, 0.05) is 10.7 Å². The molecule has 0 saturated carbocycles. The minimum Gasteiger partial charge on any atom is -0.423 e. The number of ether oxygens (including phenoxy) is 1. The van der Waals surface area contributed by atoms with Crippen LogP contribution in [-0.2, 0) is 9.59 Å². The molecule has 3 aromatic carbocycles. The van der Waals surface area contributed by atoms with E-state index in [1.54, 1.807) is 54.6 Å². The number of nitrogens with one attached hydrogen (secondary N) is 2. The minimum absolute atomic E-state index is 0.322. The summed E-state index contributed by atoms with van der Waals surface area (Å²) in [5, 5.41) is 6.70. The number of halogens is 1. The Balaban J connectivity index is 1.57. The number of amides is 2. The SMILES string of the molecule is Cc1ccc(NC(=O)C(=O)N/N=C/c2cccc(OC(=O)c3ccccc3C)c2)cc1Cl. The number of esters is 1. The maximum Gasteiger partial charge on any atom is 0.343 e. The molecule has 0 aromatic heterocycles. The zero-order chi connectivity index (χ0) is 23.1. The molecule has 0 radical (unpaired) electrons. The number of hydrogen-bond acceptors (Lipinski definition) is 5. The average Bonchev–Trinajstić information content (AvgIpc) is 2.76. The van der Waals surface area contributed by atoms with Gasteiger partial charge in [0.25, 0.3) is 0 Å². The standard InChI is InChI=1S/C24H20ClN3O4/c1-15-6-3-4-9-20(15)24(31)32-19-8-5-7-17(12-19)14-26-28-23(30)22(29)27-18-11-10-16(2)21(25)13-18/h3-14H,1-2H3,(H,27,29)(H,28,30)/b26-14+. The third-order valence-electron chi connectivity index (χ3n) is 4.45. The van der Waals surface area contributed by atoms with Crippen LogP contribution in [0.25, 0.3) is 0 Å². The second-order valence-electron chi connectivity index (χ2n) is 6.89. The Hall–Kier alpha value is -3.97. The van der Waals surface area contributed by atoms with Crippen LogP contribution in [0.4, 0.5) is 5.69 Å². The summed E-state index contributed by atoms with van der Waals surface area (Å²) in [4.78, 5) is 36.3. The molecule has 162 valence electrons. The normalized spacial score (nSPS) is 10.6. The molecule has 8 heteroatoms. The van der Waals surface area contributed by atoms with Crippen molar-refractivity contribution >= 4 is 41.3 Å². The first-order chi connectivity index (χ1) is 15.3. The number of benzene rings is 3. The molecule has 32 heavy (non-hydrogen) atoms. The number of hydrazone groups is 1. The van der Waals surface area contributed by atoms with E-state index < -0.39 is 17.8 Å². The molecule has 0 aliphatic rings. The molecule has 2 N–H and O–H groups in total. The van der Waals surface area contributed by atoms with Crippen LogP contribution in [0, 0.1) is 13.8 Å². The van der Waals surface area contributed by atoms with Gasteiger partial charge in [0.05, 0.1) is 11.8 Å². The van der Waals surface area contributed by atoms with E-state index in [0.29, 0.717) is 27.6 Å². The molecule has 0 saturated heterocycles. The Labute approximate surface area is 190 Å². The highest BCUT2D eigenvalue weighted by Gasteiger charge is 2.14. The van der Waals surface area contributed by atoms with Crippen molar-refractivity contribution in [3.8, 4) is 5.75 Å². The van der Waals surface area contributed by atoms with Crippen LogP contribution in [0.3, 0.4) is 0 Å². The number of carbonyl (C=O) groups excluding carboxylic acids is 3. The van der Waals surface area contributed by atoms with E-state index in [-0.39, 0.29) is 0 Å². The predicted octanol–water partition coefficient (Wildman–Crippen LogP) is 4.26. The topological polar surface area (TPSA) is 96.9 Å². The average molecular weight is 450 g/mol. The van der Waals surface area contributed by atoms with Gasteiger partial charge in [0.2, 0.25) is 0 Å².